The number of morpholine rings is 1. The molecule has 0 amide bonds. The molecule has 1 saturated heterocycles. The van der Waals surface area contributed by atoms with E-state index in [1.807, 2.05) is 48.5 Å². The van der Waals surface area contributed by atoms with E-state index in [4.69, 9.17) is 9.47 Å². The molecular formula is C25H27NO3. The van der Waals surface area contributed by atoms with Gasteiger partial charge in [-0.25, -0.2) is 0 Å². The average molecular weight is 389 g/mol. The summed E-state index contributed by atoms with van der Waals surface area (Å²) in [6.07, 6.45) is 0. The lowest BCUT2D eigenvalue weighted by Crippen LogP contribution is -2.52. The minimum Gasteiger partial charge on any atom is -0.497 e. The van der Waals surface area contributed by atoms with Crippen molar-refractivity contribution in [2.75, 3.05) is 33.4 Å². The number of benzene rings is 3. The normalized spacial score (nSPS) is 20.2. The Morgan fingerprint density at radius 1 is 1.03 bits per heavy atom. The number of ether oxygens (including phenoxy) is 2. The molecule has 4 nitrogen and oxygen atoms in total. The molecule has 2 unspecified atom stereocenters. The molecule has 4 heteroatoms. The Hall–Kier alpha value is -2.66. The maximum atomic E-state index is 10.5. The lowest BCUT2D eigenvalue weighted by molar-refractivity contribution is -0.0987. The van der Waals surface area contributed by atoms with E-state index < -0.39 is 5.60 Å². The van der Waals surface area contributed by atoms with E-state index in [2.05, 4.69) is 35.6 Å². The highest BCUT2D eigenvalue weighted by Crippen LogP contribution is 2.45. The van der Waals surface area contributed by atoms with Crippen molar-refractivity contribution >= 4 is 0 Å². The minimum atomic E-state index is -0.673. The third-order valence-corrected chi connectivity index (χ3v) is 5.74. The van der Waals surface area contributed by atoms with E-state index in [9.17, 15) is 5.11 Å². The Labute approximate surface area is 172 Å². The van der Waals surface area contributed by atoms with Gasteiger partial charge in [0.25, 0.3) is 0 Å². The molecule has 0 aliphatic carbocycles. The highest BCUT2D eigenvalue weighted by atomic mass is 16.5. The van der Waals surface area contributed by atoms with Crippen molar-refractivity contribution in [1.82, 2.24) is 5.32 Å². The molecule has 1 fully saturated rings. The van der Waals surface area contributed by atoms with Gasteiger partial charge in [-0.15, -0.1) is 0 Å². The number of hydrogen-bond donors (Lipinski definition) is 2. The number of aliphatic hydroxyl groups excluding tert-OH is 1. The van der Waals surface area contributed by atoms with E-state index in [0.29, 0.717) is 13.2 Å². The standard InChI is InChI=1S/C25H27NO3/c1-28-21-11-7-10-20(16-21)22-12-5-6-13-23(22)25(18-26-14-15-29-25)24(17-27)19-8-3-2-4-9-19/h2-13,16,24,26-27H,14-15,17-18H2,1H3. The zero-order chi connectivity index (χ0) is 20.1. The van der Waals surface area contributed by atoms with Crippen molar-refractivity contribution in [3.63, 3.8) is 0 Å². The summed E-state index contributed by atoms with van der Waals surface area (Å²) in [6.45, 7) is 2.03. The molecule has 150 valence electrons. The number of methoxy groups -OCH3 is 1. The Kier molecular flexibility index (Phi) is 5.95. The molecule has 1 aliphatic heterocycles. The molecule has 3 aromatic carbocycles. The first-order valence-electron chi connectivity index (χ1n) is 10.0. The monoisotopic (exact) mass is 389 g/mol. The van der Waals surface area contributed by atoms with E-state index in [1.165, 1.54) is 0 Å². The molecule has 2 N–H and O–H groups in total. The second-order valence-electron chi connectivity index (χ2n) is 7.34. The smallest absolute Gasteiger partial charge is 0.119 e. The fraction of sp³-hybridized carbons (Fsp3) is 0.280. The van der Waals surface area contributed by atoms with Crippen molar-refractivity contribution < 1.29 is 14.6 Å². The zero-order valence-electron chi connectivity index (χ0n) is 16.7. The number of aliphatic hydroxyl groups is 1. The second-order valence-corrected chi connectivity index (χ2v) is 7.34. The summed E-state index contributed by atoms with van der Waals surface area (Å²) in [5.74, 6) is 0.624. The highest BCUT2D eigenvalue weighted by molar-refractivity contribution is 5.70. The first kappa shape index (κ1) is 19.6. The van der Waals surface area contributed by atoms with Gasteiger partial charge in [-0.3, -0.25) is 0 Å². The van der Waals surface area contributed by atoms with Crippen LogP contribution in [0.1, 0.15) is 17.0 Å². The van der Waals surface area contributed by atoms with Crippen LogP contribution < -0.4 is 10.1 Å². The number of hydrogen-bond acceptors (Lipinski definition) is 4. The molecule has 3 aromatic rings. The molecule has 2 atom stereocenters. The van der Waals surface area contributed by atoms with Gasteiger partial charge >= 0.3 is 0 Å². The van der Waals surface area contributed by atoms with Crippen LogP contribution in [0.4, 0.5) is 0 Å². The van der Waals surface area contributed by atoms with Crippen LogP contribution in [0, 0.1) is 0 Å². The van der Waals surface area contributed by atoms with Crippen molar-refractivity contribution in [1.29, 1.82) is 0 Å². The first-order valence-corrected chi connectivity index (χ1v) is 10.0. The molecule has 0 bridgehead atoms. The summed E-state index contributed by atoms with van der Waals surface area (Å²) in [7, 11) is 1.68. The van der Waals surface area contributed by atoms with Crippen LogP contribution in [0.3, 0.4) is 0 Å². The summed E-state index contributed by atoms with van der Waals surface area (Å²) in [5, 5.41) is 14.0. The lowest BCUT2D eigenvalue weighted by atomic mass is 9.74. The van der Waals surface area contributed by atoms with E-state index in [0.717, 1.165) is 34.5 Å². The van der Waals surface area contributed by atoms with Crippen LogP contribution >= 0.6 is 0 Å². The fourth-order valence-electron chi connectivity index (χ4n) is 4.32. The summed E-state index contributed by atoms with van der Waals surface area (Å²) >= 11 is 0. The van der Waals surface area contributed by atoms with Gasteiger partial charge in [-0.1, -0.05) is 66.7 Å². The number of nitrogens with one attached hydrogen (secondary N) is 1. The Balaban J connectivity index is 1.89. The van der Waals surface area contributed by atoms with Crippen molar-refractivity contribution in [2.45, 2.75) is 11.5 Å². The van der Waals surface area contributed by atoms with E-state index >= 15 is 0 Å². The van der Waals surface area contributed by atoms with Gasteiger partial charge in [-0.05, 0) is 34.4 Å². The lowest BCUT2D eigenvalue weighted by Gasteiger charge is -2.44. The number of rotatable bonds is 6. The van der Waals surface area contributed by atoms with Crippen molar-refractivity contribution in [3.05, 3.63) is 90.0 Å². The SMILES string of the molecule is COc1cccc(-c2ccccc2C2(C(CO)c3ccccc3)CNCCO2)c1. The van der Waals surface area contributed by atoms with Gasteiger partial charge in [0, 0.05) is 19.0 Å². The zero-order valence-corrected chi connectivity index (χ0v) is 16.7. The first-order chi connectivity index (χ1) is 14.3. The molecule has 0 spiro atoms. The van der Waals surface area contributed by atoms with Gasteiger partial charge < -0.3 is 19.9 Å². The van der Waals surface area contributed by atoms with Crippen molar-refractivity contribution in [2.24, 2.45) is 0 Å². The van der Waals surface area contributed by atoms with Crippen LogP contribution in [-0.4, -0.2) is 38.5 Å². The molecule has 0 radical (unpaired) electrons. The summed E-state index contributed by atoms with van der Waals surface area (Å²) in [5.41, 5.74) is 3.62. The summed E-state index contributed by atoms with van der Waals surface area (Å²) in [4.78, 5) is 0. The molecule has 1 heterocycles. The minimum absolute atomic E-state index is 0.00185. The molecule has 4 rings (SSSR count). The van der Waals surface area contributed by atoms with Crippen LogP contribution in [0.5, 0.6) is 5.75 Å². The molecule has 1 aliphatic rings. The van der Waals surface area contributed by atoms with E-state index in [-0.39, 0.29) is 12.5 Å². The second kappa shape index (κ2) is 8.78. The summed E-state index contributed by atoms with van der Waals surface area (Å²) < 4.78 is 12.0. The fourth-order valence-corrected chi connectivity index (χ4v) is 4.32. The Morgan fingerprint density at radius 3 is 2.55 bits per heavy atom. The quantitative estimate of drug-likeness (QED) is 0.670. The van der Waals surface area contributed by atoms with Gasteiger partial charge in [0.2, 0.25) is 0 Å². The predicted octanol–water partition coefficient (Wildman–Crippen LogP) is 3.95. The Morgan fingerprint density at radius 2 is 1.83 bits per heavy atom. The van der Waals surface area contributed by atoms with Gasteiger partial charge in [0.1, 0.15) is 11.4 Å². The molecular weight excluding hydrogens is 362 g/mol. The third kappa shape index (κ3) is 3.79. The Bertz CT molecular complexity index is 936. The maximum Gasteiger partial charge on any atom is 0.119 e. The van der Waals surface area contributed by atoms with Crippen LogP contribution in [0.2, 0.25) is 0 Å². The highest BCUT2D eigenvalue weighted by Gasteiger charge is 2.44. The molecule has 29 heavy (non-hydrogen) atoms. The van der Waals surface area contributed by atoms with Crippen LogP contribution in [-0.2, 0) is 10.3 Å². The van der Waals surface area contributed by atoms with Crippen LogP contribution in [0.15, 0.2) is 78.9 Å². The molecule has 0 saturated carbocycles. The molecule has 0 aromatic heterocycles. The topological polar surface area (TPSA) is 50.7 Å². The summed E-state index contributed by atoms with van der Waals surface area (Å²) in [6, 6.07) is 26.5. The van der Waals surface area contributed by atoms with Crippen LogP contribution in [0.25, 0.3) is 11.1 Å². The van der Waals surface area contributed by atoms with E-state index in [1.54, 1.807) is 7.11 Å². The maximum absolute atomic E-state index is 10.5. The predicted molar refractivity (Wildman–Crippen MR) is 115 cm³/mol. The average Bonchev–Trinajstić information content (AvgIpc) is 2.81. The van der Waals surface area contributed by atoms with Gasteiger partial charge in [-0.2, -0.15) is 0 Å². The third-order valence-electron chi connectivity index (χ3n) is 5.74. The van der Waals surface area contributed by atoms with Gasteiger partial charge in [0.05, 0.1) is 20.3 Å². The largest absolute Gasteiger partial charge is 0.497 e. The van der Waals surface area contributed by atoms with Gasteiger partial charge in [0.15, 0.2) is 0 Å². The van der Waals surface area contributed by atoms with Crippen molar-refractivity contribution in [3.8, 4) is 16.9 Å².